The molecule has 22 heavy (non-hydrogen) atoms. The van der Waals surface area contributed by atoms with Crippen LogP contribution in [0.1, 0.15) is 25.1 Å². The summed E-state index contributed by atoms with van der Waals surface area (Å²) in [6, 6.07) is 11.5. The molecule has 0 fully saturated rings. The quantitative estimate of drug-likeness (QED) is 0.657. The SMILES string of the molecule is Cc1cccnc1CN=C(N)Nc1ccc(OC(C)C)cc1. The van der Waals surface area contributed by atoms with Gasteiger partial charge in [-0.2, -0.15) is 0 Å². The maximum absolute atomic E-state index is 5.90. The summed E-state index contributed by atoms with van der Waals surface area (Å²) in [6.07, 6.45) is 1.92. The number of guanidine groups is 1. The third-order valence-corrected chi connectivity index (χ3v) is 3.02. The van der Waals surface area contributed by atoms with Crippen molar-refractivity contribution in [1.29, 1.82) is 0 Å². The number of hydrogen-bond acceptors (Lipinski definition) is 3. The van der Waals surface area contributed by atoms with Crippen LogP contribution in [-0.4, -0.2) is 17.0 Å². The number of anilines is 1. The van der Waals surface area contributed by atoms with Gasteiger partial charge in [0.25, 0.3) is 0 Å². The molecular formula is C17H22N4O. The van der Waals surface area contributed by atoms with Gasteiger partial charge in [-0.3, -0.25) is 4.98 Å². The highest BCUT2D eigenvalue weighted by molar-refractivity contribution is 5.92. The van der Waals surface area contributed by atoms with Crippen molar-refractivity contribution in [3.63, 3.8) is 0 Å². The van der Waals surface area contributed by atoms with Crippen LogP contribution < -0.4 is 15.8 Å². The molecule has 3 N–H and O–H groups in total. The van der Waals surface area contributed by atoms with Gasteiger partial charge in [-0.25, -0.2) is 4.99 Å². The number of nitrogens with two attached hydrogens (primary N) is 1. The summed E-state index contributed by atoms with van der Waals surface area (Å²) in [5.41, 5.74) is 8.80. The molecule has 0 atom stereocenters. The summed E-state index contributed by atoms with van der Waals surface area (Å²) >= 11 is 0. The molecule has 0 saturated heterocycles. The fourth-order valence-electron chi connectivity index (χ4n) is 1.92. The van der Waals surface area contributed by atoms with Crippen LogP contribution in [-0.2, 0) is 6.54 Å². The molecule has 1 aromatic carbocycles. The zero-order valence-corrected chi connectivity index (χ0v) is 13.2. The van der Waals surface area contributed by atoms with Gasteiger partial charge in [0.2, 0.25) is 0 Å². The average Bonchev–Trinajstić information content (AvgIpc) is 2.48. The van der Waals surface area contributed by atoms with E-state index < -0.39 is 0 Å². The van der Waals surface area contributed by atoms with Crippen molar-refractivity contribution in [3.8, 4) is 5.75 Å². The summed E-state index contributed by atoms with van der Waals surface area (Å²) in [4.78, 5) is 8.60. The Labute approximate surface area is 131 Å². The number of rotatable bonds is 5. The topological polar surface area (TPSA) is 72.5 Å². The minimum absolute atomic E-state index is 0.159. The monoisotopic (exact) mass is 298 g/mol. The maximum Gasteiger partial charge on any atom is 0.193 e. The van der Waals surface area contributed by atoms with Crippen LogP contribution in [0.15, 0.2) is 47.6 Å². The molecule has 5 nitrogen and oxygen atoms in total. The van der Waals surface area contributed by atoms with Crippen molar-refractivity contribution in [3.05, 3.63) is 53.9 Å². The molecule has 0 aliphatic rings. The molecule has 0 saturated carbocycles. The molecule has 0 amide bonds. The molecular weight excluding hydrogens is 276 g/mol. The summed E-state index contributed by atoms with van der Waals surface area (Å²) < 4.78 is 5.60. The van der Waals surface area contributed by atoms with Gasteiger partial charge < -0.3 is 15.8 Å². The van der Waals surface area contributed by atoms with E-state index in [9.17, 15) is 0 Å². The van der Waals surface area contributed by atoms with Crippen molar-refractivity contribution in [2.24, 2.45) is 10.7 Å². The largest absolute Gasteiger partial charge is 0.491 e. The second-order valence-electron chi connectivity index (χ2n) is 5.28. The lowest BCUT2D eigenvalue weighted by Crippen LogP contribution is -2.22. The second-order valence-corrected chi connectivity index (χ2v) is 5.28. The van der Waals surface area contributed by atoms with E-state index in [1.54, 1.807) is 6.20 Å². The number of nitrogens with one attached hydrogen (secondary N) is 1. The van der Waals surface area contributed by atoms with Crippen LogP contribution in [0.3, 0.4) is 0 Å². The maximum atomic E-state index is 5.90. The van der Waals surface area contributed by atoms with Crippen molar-refractivity contribution < 1.29 is 4.74 Å². The second kappa shape index (κ2) is 7.45. The predicted octanol–water partition coefficient (Wildman–Crippen LogP) is 3.10. The summed E-state index contributed by atoms with van der Waals surface area (Å²) in [5.74, 6) is 1.20. The average molecular weight is 298 g/mol. The highest BCUT2D eigenvalue weighted by Crippen LogP contribution is 2.16. The van der Waals surface area contributed by atoms with Crippen molar-refractivity contribution in [1.82, 2.24) is 4.98 Å². The normalized spacial score (nSPS) is 11.5. The van der Waals surface area contributed by atoms with Crippen LogP contribution >= 0.6 is 0 Å². The van der Waals surface area contributed by atoms with Crippen molar-refractivity contribution >= 4 is 11.6 Å². The van der Waals surface area contributed by atoms with E-state index in [4.69, 9.17) is 10.5 Å². The van der Waals surface area contributed by atoms with E-state index in [1.165, 1.54) is 0 Å². The first-order valence-electron chi connectivity index (χ1n) is 7.29. The van der Waals surface area contributed by atoms with Gasteiger partial charge in [-0.1, -0.05) is 6.07 Å². The summed E-state index contributed by atoms with van der Waals surface area (Å²) in [7, 11) is 0. The minimum atomic E-state index is 0.159. The first-order chi connectivity index (χ1) is 10.5. The van der Waals surface area contributed by atoms with E-state index in [0.29, 0.717) is 12.5 Å². The molecule has 1 aromatic heterocycles. The van der Waals surface area contributed by atoms with Crippen LogP contribution in [0.5, 0.6) is 5.75 Å². The molecule has 0 aliphatic carbocycles. The van der Waals surface area contributed by atoms with Gasteiger partial charge in [0, 0.05) is 11.9 Å². The molecule has 0 radical (unpaired) electrons. The molecule has 0 aliphatic heterocycles. The molecule has 2 rings (SSSR count). The van der Waals surface area contributed by atoms with Crippen LogP contribution in [0.4, 0.5) is 5.69 Å². The molecule has 0 unspecified atom stereocenters. The number of ether oxygens (including phenoxy) is 1. The number of aliphatic imine (C=N–C) groups is 1. The number of aryl methyl sites for hydroxylation is 1. The molecule has 0 spiro atoms. The lowest BCUT2D eigenvalue weighted by atomic mass is 10.2. The Bertz CT molecular complexity index is 635. The summed E-state index contributed by atoms with van der Waals surface area (Å²) in [5, 5.41) is 3.06. The van der Waals surface area contributed by atoms with E-state index in [-0.39, 0.29) is 6.10 Å². The predicted molar refractivity (Wildman–Crippen MR) is 90.1 cm³/mol. The molecule has 116 valence electrons. The molecule has 2 aromatic rings. The van der Waals surface area contributed by atoms with E-state index in [2.05, 4.69) is 15.3 Å². The van der Waals surface area contributed by atoms with Crippen molar-refractivity contribution in [2.75, 3.05) is 5.32 Å². The Kier molecular flexibility index (Phi) is 5.36. The fraction of sp³-hybridized carbons (Fsp3) is 0.294. The third-order valence-electron chi connectivity index (χ3n) is 3.02. The zero-order chi connectivity index (χ0) is 15.9. The minimum Gasteiger partial charge on any atom is -0.491 e. The van der Waals surface area contributed by atoms with Crippen molar-refractivity contribution in [2.45, 2.75) is 33.4 Å². The first-order valence-corrected chi connectivity index (χ1v) is 7.29. The Balaban J connectivity index is 1.95. The van der Waals surface area contributed by atoms with Gasteiger partial charge in [-0.05, 0) is 56.7 Å². The number of hydrogen-bond donors (Lipinski definition) is 2. The van der Waals surface area contributed by atoms with Crippen LogP contribution in [0.2, 0.25) is 0 Å². The van der Waals surface area contributed by atoms with E-state index in [0.717, 1.165) is 22.7 Å². The third kappa shape index (κ3) is 4.77. The fourth-order valence-corrected chi connectivity index (χ4v) is 1.92. The Morgan fingerprint density at radius 2 is 2.00 bits per heavy atom. The molecule has 0 bridgehead atoms. The highest BCUT2D eigenvalue weighted by atomic mass is 16.5. The van der Waals surface area contributed by atoms with Gasteiger partial charge >= 0.3 is 0 Å². The number of pyridine rings is 1. The molecule has 5 heteroatoms. The Morgan fingerprint density at radius 1 is 1.27 bits per heavy atom. The van der Waals surface area contributed by atoms with Gasteiger partial charge in [0.15, 0.2) is 5.96 Å². The lowest BCUT2D eigenvalue weighted by molar-refractivity contribution is 0.242. The summed E-state index contributed by atoms with van der Waals surface area (Å²) in [6.45, 7) is 6.46. The molecule has 1 heterocycles. The zero-order valence-electron chi connectivity index (χ0n) is 13.2. The van der Waals surface area contributed by atoms with Gasteiger partial charge in [-0.15, -0.1) is 0 Å². The smallest absolute Gasteiger partial charge is 0.193 e. The van der Waals surface area contributed by atoms with Crippen LogP contribution in [0.25, 0.3) is 0 Å². The van der Waals surface area contributed by atoms with E-state index >= 15 is 0 Å². The van der Waals surface area contributed by atoms with Crippen LogP contribution in [0, 0.1) is 6.92 Å². The van der Waals surface area contributed by atoms with E-state index in [1.807, 2.05) is 57.2 Å². The van der Waals surface area contributed by atoms with Gasteiger partial charge in [0.1, 0.15) is 5.75 Å². The lowest BCUT2D eigenvalue weighted by Gasteiger charge is -2.11. The number of benzene rings is 1. The standard InChI is InChI=1S/C17H22N4O/c1-12(2)22-15-8-6-14(7-9-15)21-17(18)20-11-16-13(3)5-4-10-19-16/h4-10,12H,11H2,1-3H3,(H3,18,20,21). The van der Waals surface area contributed by atoms with Gasteiger partial charge in [0.05, 0.1) is 18.3 Å². The highest BCUT2D eigenvalue weighted by Gasteiger charge is 2.01. The first kappa shape index (κ1) is 15.8. The number of aromatic nitrogens is 1. The Hall–Kier alpha value is -2.56. The Morgan fingerprint density at radius 3 is 2.64 bits per heavy atom. The number of nitrogens with zero attached hydrogens (tertiary/aromatic N) is 2.